The zero-order valence-electron chi connectivity index (χ0n) is 11.1. The Morgan fingerprint density at radius 3 is 2.95 bits per heavy atom. The summed E-state index contributed by atoms with van der Waals surface area (Å²) in [7, 11) is 1.59. The lowest BCUT2D eigenvalue weighted by atomic mass is 10.2. The Morgan fingerprint density at radius 2 is 2.26 bits per heavy atom. The first-order chi connectivity index (χ1) is 9.19. The molecule has 100 valence electrons. The zero-order valence-corrected chi connectivity index (χ0v) is 11.1. The third-order valence-electron chi connectivity index (χ3n) is 3.47. The SMILES string of the molecule is COc1ccc2nc(C)n(CNC3CC3)c(=O)c2c1. The second kappa shape index (κ2) is 4.66. The van der Waals surface area contributed by atoms with Gasteiger partial charge in [0.2, 0.25) is 0 Å². The molecule has 0 atom stereocenters. The number of methoxy groups -OCH3 is 1. The van der Waals surface area contributed by atoms with Crippen LogP contribution in [0.4, 0.5) is 0 Å². The molecule has 0 radical (unpaired) electrons. The lowest BCUT2D eigenvalue weighted by molar-refractivity contribution is 0.415. The summed E-state index contributed by atoms with van der Waals surface area (Å²) >= 11 is 0. The van der Waals surface area contributed by atoms with Crippen LogP contribution in [0.1, 0.15) is 18.7 Å². The minimum Gasteiger partial charge on any atom is -0.497 e. The summed E-state index contributed by atoms with van der Waals surface area (Å²) in [4.78, 5) is 17.0. The van der Waals surface area contributed by atoms with E-state index < -0.39 is 0 Å². The molecule has 0 aliphatic heterocycles. The molecule has 2 aromatic rings. The number of benzene rings is 1. The molecule has 0 amide bonds. The Balaban J connectivity index is 2.07. The summed E-state index contributed by atoms with van der Waals surface area (Å²) in [5.74, 6) is 1.41. The van der Waals surface area contributed by atoms with Crippen LogP contribution in [0.25, 0.3) is 10.9 Å². The van der Waals surface area contributed by atoms with Crippen molar-refractivity contribution in [3.63, 3.8) is 0 Å². The fraction of sp³-hybridized carbons (Fsp3) is 0.429. The monoisotopic (exact) mass is 259 g/mol. The van der Waals surface area contributed by atoms with E-state index in [4.69, 9.17) is 4.74 Å². The minimum absolute atomic E-state index is 0.0189. The van der Waals surface area contributed by atoms with Crippen LogP contribution in [0.2, 0.25) is 0 Å². The van der Waals surface area contributed by atoms with E-state index in [0.717, 1.165) is 5.82 Å². The molecule has 0 spiro atoms. The molecule has 1 heterocycles. The van der Waals surface area contributed by atoms with Gasteiger partial charge >= 0.3 is 0 Å². The molecule has 5 heteroatoms. The van der Waals surface area contributed by atoms with Crippen LogP contribution in [-0.4, -0.2) is 22.7 Å². The van der Waals surface area contributed by atoms with Gasteiger partial charge in [0.15, 0.2) is 0 Å². The van der Waals surface area contributed by atoms with Crippen molar-refractivity contribution < 1.29 is 4.74 Å². The molecule has 0 unspecified atom stereocenters. The molecule has 5 nitrogen and oxygen atoms in total. The maximum Gasteiger partial charge on any atom is 0.262 e. The Kier molecular flexibility index (Phi) is 2.98. The molecule has 1 N–H and O–H groups in total. The first-order valence-electron chi connectivity index (χ1n) is 6.47. The summed E-state index contributed by atoms with van der Waals surface area (Å²) < 4.78 is 6.84. The number of ether oxygens (including phenoxy) is 1. The van der Waals surface area contributed by atoms with Crippen molar-refractivity contribution in [3.05, 3.63) is 34.4 Å². The number of rotatable bonds is 4. The second-order valence-corrected chi connectivity index (χ2v) is 4.91. The highest BCUT2D eigenvalue weighted by Gasteiger charge is 2.20. The van der Waals surface area contributed by atoms with Crippen LogP contribution >= 0.6 is 0 Å². The van der Waals surface area contributed by atoms with Crippen LogP contribution in [0.5, 0.6) is 5.75 Å². The van der Waals surface area contributed by atoms with Crippen molar-refractivity contribution in [2.75, 3.05) is 7.11 Å². The van der Waals surface area contributed by atoms with Gasteiger partial charge in [-0.3, -0.25) is 14.7 Å². The quantitative estimate of drug-likeness (QED) is 0.902. The highest BCUT2D eigenvalue weighted by molar-refractivity contribution is 5.79. The van der Waals surface area contributed by atoms with Gasteiger partial charge in [0.1, 0.15) is 11.6 Å². The predicted octanol–water partition coefficient (Wildman–Crippen LogP) is 1.42. The minimum atomic E-state index is -0.0189. The third kappa shape index (κ3) is 2.33. The molecule has 1 saturated carbocycles. The van der Waals surface area contributed by atoms with Crippen LogP contribution in [0.15, 0.2) is 23.0 Å². The summed E-state index contributed by atoms with van der Waals surface area (Å²) in [6.45, 7) is 2.38. The van der Waals surface area contributed by atoms with Crippen molar-refractivity contribution in [1.82, 2.24) is 14.9 Å². The maximum absolute atomic E-state index is 12.5. The number of hydrogen-bond acceptors (Lipinski definition) is 4. The molecule has 1 aromatic heterocycles. The second-order valence-electron chi connectivity index (χ2n) is 4.91. The molecule has 1 aromatic carbocycles. The van der Waals surface area contributed by atoms with Crippen molar-refractivity contribution in [2.45, 2.75) is 32.5 Å². The lowest BCUT2D eigenvalue weighted by Crippen LogP contribution is -2.31. The number of aromatic nitrogens is 2. The molecule has 19 heavy (non-hydrogen) atoms. The van der Waals surface area contributed by atoms with Gasteiger partial charge in [-0.25, -0.2) is 4.98 Å². The van der Waals surface area contributed by atoms with E-state index in [2.05, 4.69) is 10.3 Å². The van der Waals surface area contributed by atoms with Crippen molar-refractivity contribution >= 4 is 10.9 Å². The Morgan fingerprint density at radius 1 is 1.47 bits per heavy atom. The van der Waals surface area contributed by atoms with Gasteiger partial charge in [-0.2, -0.15) is 0 Å². The maximum atomic E-state index is 12.5. The van der Waals surface area contributed by atoms with E-state index in [-0.39, 0.29) is 5.56 Å². The summed E-state index contributed by atoms with van der Waals surface area (Å²) in [5, 5.41) is 3.94. The van der Waals surface area contributed by atoms with Crippen LogP contribution in [-0.2, 0) is 6.67 Å². The van der Waals surface area contributed by atoms with E-state index in [1.54, 1.807) is 17.7 Å². The number of hydrogen-bond donors (Lipinski definition) is 1. The zero-order chi connectivity index (χ0) is 13.4. The molecular formula is C14H17N3O2. The van der Waals surface area contributed by atoms with E-state index in [0.29, 0.717) is 29.4 Å². The highest BCUT2D eigenvalue weighted by Crippen LogP contribution is 2.19. The van der Waals surface area contributed by atoms with Gasteiger partial charge in [0.25, 0.3) is 5.56 Å². The fourth-order valence-electron chi connectivity index (χ4n) is 2.13. The normalized spacial score (nSPS) is 14.8. The van der Waals surface area contributed by atoms with Crippen LogP contribution in [0.3, 0.4) is 0 Å². The molecule has 0 bridgehead atoms. The molecular weight excluding hydrogens is 242 g/mol. The average Bonchev–Trinajstić information content (AvgIpc) is 3.22. The summed E-state index contributed by atoms with van der Waals surface area (Å²) in [6, 6.07) is 5.95. The van der Waals surface area contributed by atoms with Gasteiger partial charge in [-0.15, -0.1) is 0 Å². The molecule has 1 fully saturated rings. The molecule has 0 saturated heterocycles. The van der Waals surface area contributed by atoms with E-state index in [1.807, 2.05) is 19.1 Å². The molecule has 1 aliphatic rings. The predicted molar refractivity (Wildman–Crippen MR) is 73.4 cm³/mol. The Labute approximate surface area is 111 Å². The van der Waals surface area contributed by atoms with Gasteiger partial charge < -0.3 is 4.74 Å². The first kappa shape index (κ1) is 12.2. The number of fused-ring (bicyclic) bond motifs is 1. The first-order valence-corrected chi connectivity index (χ1v) is 6.47. The van der Waals surface area contributed by atoms with E-state index in [9.17, 15) is 4.79 Å². The third-order valence-corrected chi connectivity index (χ3v) is 3.47. The van der Waals surface area contributed by atoms with Crippen molar-refractivity contribution in [3.8, 4) is 5.75 Å². The van der Waals surface area contributed by atoms with Crippen LogP contribution < -0.4 is 15.6 Å². The number of nitrogens with one attached hydrogen (secondary N) is 1. The van der Waals surface area contributed by atoms with E-state index >= 15 is 0 Å². The number of aryl methyl sites for hydroxylation is 1. The topological polar surface area (TPSA) is 56.1 Å². The summed E-state index contributed by atoms with van der Waals surface area (Å²) in [5.41, 5.74) is 0.695. The van der Waals surface area contributed by atoms with E-state index in [1.165, 1.54) is 12.8 Å². The fourth-order valence-corrected chi connectivity index (χ4v) is 2.13. The standard InChI is InChI=1S/C14H17N3O2/c1-9-16-13-6-5-11(19-2)7-12(13)14(18)17(9)8-15-10-3-4-10/h5-7,10,15H,3-4,8H2,1-2H3. The lowest BCUT2D eigenvalue weighted by Gasteiger charge is -2.11. The van der Waals surface area contributed by atoms with Crippen molar-refractivity contribution in [2.24, 2.45) is 0 Å². The average molecular weight is 259 g/mol. The molecule has 1 aliphatic carbocycles. The van der Waals surface area contributed by atoms with Gasteiger partial charge in [0, 0.05) is 6.04 Å². The smallest absolute Gasteiger partial charge is 0.262 e. The Bertz CT molecular complexity index is 674. The largest absolute Gasteiger partial charge is 0.497 e. The number of nitrogens with zero attached hydrogens (tertiary/aromatic N) is 2. The molecule has 3 rings (SSSR count). The van der Waals surface area contributed by atoms with Gasteiger partial charge in [-0.1, -0.05) is 0 Å². The van der Waals surface area contributed by atoms with Gasteiger partial charge in [-0.05, 0) is 38.0 Å². The Hall–Kier alpha value is -1.88. The van der Waals surface area contributed by atoms with Crippen molar-refractivity contribution in [1.29, 1.82) is 0 Å². The highest BCUT2D eigenvalue weighted by atomic mass is 16.5. The van der Waals surface area contributed by atoms with Crippen LogP contribution in [0, 0.1) is 6.92 Å². The van der Waals surface area contributed by atoms with Gasteiger partial charge in [0.05, 0.1) is 24.7 Å². The summed E-state index contributed by atoms with van der Waals surface area (Å²) in [6.07, 6.45) is 2.39.